The van der Waals surface area contributed by atoms with Gasteiger partial charge in [0.15, 0.2) is 0 Å². The maximum Gasteiger partial charge on any atom is 0.0600 e. The molecule has 1 rings (SSSR count). The van der Waals surface area contributed by atoms with E-state index in [0.29, 0.717) is 6.04 Å². The van der Waals surface area contributed by atoms with E-state index in [4.69, 9.17) is 0 Å². The Balaban J connectivity index is 2.31. The van der Waals surface area contributed by atoms with Crippen LogP contribution in [0.25, 0.3) is 0 Å². The Morgan fingerprint density at radius 2 is 1.81 bits per heavy atom. The Morgan fingerprint density at radius 3 is 2.19 bits per heavy atom. The first-order chi connectivity index (χ1) is 7.30. The van der Waals surface area contributed by atoms with Gasteiger partial charge in [-0.25, -0.2) is 0 Å². The minimum atomic E-state index is -0.187. The van der Waals surface area contributed by atoms with E-state index >= 15 is 0 Å². The zero-order valence-electron chi connectivity index (χ0n) is 11.7. The van der Waals surface area contributed by atoms with Crippen molar-refractivity contribution in [3.05, 3.63) is 0 Å². The standard InChI is InChI=1S/C14H29NO/c1-11(2)15(10-12-6-7-12)9-8-13(16)14(3,4)5/h11-13,16H,6-10H2,1-5H3. The second-order valence-corrected chi connectivity index (χ2v) is 6.70. The second kappa shape index (κ2) is 5.50. The van der Waals surface area contributed by atoms with Crippen molar-refractivity contribution < 1.29 is 5.11 Å². The summed E-state index contributed by atoms with van der Waals surface area (Å²) in [5, 5.41) is 10.0. The summed E-state index contributed by atoms with van der Waals surface area (Å²) in [7, 11) is 0. The van der Waals surface area contributed by atoms with Gasteiger partial charge in [0.1, 0.15) is 0 Å². The summed E-state index contributed by atoms with van der Waals surface area (Å²) < 4.78 is 0. The zero-order valence-corrected chi connectivity index (χ0v) is 11.7. The van der Waals surface area contributed by atoms with E-state index in [1.165, 1.54) is 19.4 Å². The topological polar surface area (TPSA) is 23.5 Å². The third kappa shape index (κ3) is 4.84. The third-order valence-electron chi connectivity index (χ3n) is 3.61. The Hall–Kier alpha value is -0.0800. The van der Waals surface area contributed by atoms with E-state index in [0.717, 1.165) is 18.9 Å². The van der Waals surface area contributed by atoms with Gasteiger partial charge in [-0.1, -0.05) is 20.8 Å². The molecule has 1 N–H and O–H groups in total. The molecule has 0 spiro atoms. The van der Waals surface area contributed by atoms with Crippen LogP contribution in [0.4, 0.5) is 0 Å². The molecule has 0 saturated heterocycles. The van der Waals surface area contributed by atoms with Crippen LogP contribution >= 0.6 is 0 Å². The van der Waals surface area contributed by atoms with Gasteiger partial charge in [-0.2, -0.15) is 0 Å². The molecule has 1 fully saturated rings. The SMILES string of the molecule is CC(C)N(CCC(O)C(C)(C)C)CC1CC1. The van der Waals surface area contributed by atoms with Crippen LogP contribution in [0.2, 0.25) is 0 Å². The highest BCUT2D eigenvalue weighted by Crippen LogP contribution is 2.30. The van der Waals surface area contributed by atoms with Crippen molar-refractivity contribution in [2.75, 3.05) is 13.1 Å². The van der Waals surface area contributed by atoms with Crippen molar-refractivity contribution in [2.24, 2.45) is 11.3 Å². The third-order valence-corrected chi connectivity index (χ3v) is 3.61. The number of rotatable bonds is 6. The molecule has 0 amide bonds. The number of aliphatic hydroxyl groups is 1. The molecular formula is C14H29NO. The highest BCUT2D eigenvalue weighted by Gasteiger charge is 2.27. The Morgan fingerprint density at radius 1 is 1.25 bits per heavy atom. The van der Waals surface area contributed by atoms with Crippen LogP contribution in [0, 0.1) is 11.3 Å². The molecule has 0 bridgehead atoms. The Kier molecular flexibility index (Phi) is 4.81. The van der Waals surface area contributed by atoms with Crippen molar-refractivity contribution in [1.29, 1.82) is 0 Å². The van der Waals surface area contributed by atoms with Crippen LogP contribution in [-0.4, -0.2) is 35.2 Å². The lowest BCUT2D eigenvalue weighted by Crippen LogP contribution is -2.37. The lowest BCUT2D eigenvalue weighted by atomic mass is 9.87. The van der Waals surface area contributed by atoms with Gasteiger partial charge in [-0.15, -0.1) is 0 Å². The molecule has 0 aromatic carbocycles. The van der Waals surface area contributed by atoms with E-state index in [1.807, 2.05) is 0 Å². The van der Waals surface area contributed by atoms with Crippen LogP contribution in [-0.2, 0) is 0 Å². The van der Waals surface area contributed by atoms with Crippen molar-refractivity contribution in [2.45, 2.75) is 66.0 Å². The van der Waals surface area contributed by atoms with E-state index in [2.05, 4.69) is 39.5 Å². The fraction of sp³-hybridized carbons (Fsp3) is 1.00. The van der Waals surface area contributed by atoms with Gasteiger partial charge < -0.3 is 10.0 Å². The van der Waals surface area contributed by atoms with Crippen LogP contribution in [0.1, 0.15) is 53.9 Å². The van der Waals surface area contributed by atoms with Gasteiger partial charge >= 0.3 is 0 Å². The number of aliphatic hydroxyl groups excluding tert-OH is 1. The molecule has 0 aromatic heterocycles. The van der Waals surface area contributed by atoms with E-state index in [-0.39, 0.29) is 11.5 Å². The van der Waals surface area contributed by atoms with Crippen molar-refractivity contribution in [3.8, 4) is 0 Å². The average Bonchev–Trinajstić information content (AvgIpc) is 2.92. The molecule has 1 aliphatic rings. The summed E-state index contributed by atoms with van der Waals surface area (Å²) in [5.41, 5.74) is 0.0161. The lowest BCUT2D eigenvalue weighted by molar-refractivity contribution is 0.0416. The van der Waals surface area contributed by atoms with Crippen LogP contribution in [0.3, 0.4) is 0 Å². The lowest BCUT2D eigenvalue weighted by Gasteiger charge is -2.31. The van der Waals surface area contributed by atoms with Crippen LogP contribution < -0.4 is 0 Å². The summed E-state index contributed by atoms with van der Waals surface area (Å²) in [6.07, 6.45) is 3.53. The second-order valence-electron chi connectivity index (χ2n) is 6.70. The highest BCUT2D eigenvalue weighted by molar-refractivity contribution is 4.80. The minimum absolute atomic E-state index is 0.0161. The maximum absolute atomic E-state index is 10.0. The van der Waals surface area contributed by atoms with E-state index in [1.54, 1.807) is 0 Å². The molecular weight excluding hydrogens is 198 g/mol. The first-order valence-electron chi connectivity index (χ1n) is 6.73. The Bertz CT molecular complexity index is 203. The smallest absolute Gasteiger partial charge is 0.0600 e. The van der Waals surface area contributed by atoms with Gasteiger partial charge in [-0.3, -0.25) is 0 Å². The summed E-state index contributed by atoms with van der Waals surface area (Å²) in [5.74, 6) is 0.939. The molecule has 0 heterocycles. The summed E-state index contributed by atoms with van der Waals surface area (Å²) in [6, 6.07) is 0.604. The molecule has 0 aromatic rings. The number of nitrogens with zero attached hydrogens (tertiary/aromatic N) is 1. The first kappa shape index (κ1) is 14.0. The zero-order chi connectivity index (χ0) is 12.3. The maximum atomic E-state index is 10.0. The highest BCUT2D eigenvalue weighted by atomic mass is 16.3. The number of hydrogen-bond donors (Lipinski definition) is 1. The van der Waals surface area contributed by atoms with Crippen molar-refractivity contribution in [3.63, 3.8) is 0 Å². The van der Waals surface area contributed by atoms with Crippen LogP contribution in [0.5, 0.6) is 0 Å². The average molecular weight is 227 g/mol. The fourth-order valence-corrected chi connectivity index (χ4v) is 1.91. The molecule has 16 heavy (non-hydrogen) atoms. The van der Waals surface area contributed by atoms with Gasteiger partial charge in [0, 0.05) is 19.1 Å². The Labute approximate surface area is 101 Å². The largest absolute Gasteiger partial charge is 0.393 e. The van der Waals surface area contributed by atoms with Gasteiger partial charge in [0.05, 0.1) is 6.10 Å². The van der Waals surface area contributed by atoms with Crippen LogP contribution in [0.15, 0.2) is 0 Å². The minimum Gasteiger partial charge on any atom is -0.393 e. The summed E-state index contributed by atoms with van der Waals surface area (Å²) in [4.78, 5) is 2.52. The summed E-state index contributed by atoms with van der Waals surface area (Å²) >= 11 is 0. The molecule has 2 nitrogen and oxygen atoms in total. The molecule has 1 atom stereocenters. The molecule has 2 heteroatoms. The molecule has 0 radical (unpaired) electrons. The monoisotopic (exact) mass is 227 g/mol. The van der Waals surface area contributed by atoms with Gasteiger partial charge in [-0.05, 0) is 44.4 Å². The predicted octanol–water partition coefficient (Wildman–Crippen LogP) is 2.90. The normalized spacial score (nSPS) is 19.5. The fourth-order valence-electron chi connectivity index (χ4n) is 1.91. The molecule has 1 aliphatic carbocycles. The van der Waals surface area contributed by atoms with Crippen molar-refractivity contribution >= 4 is 0 Å². The van der Waals surface area contributed by atoms with Crippen molar-refractivity contribution in [1.82, 2.24) is 4.90 Å². The molecule has 96 valence electrons. The first-order valence-corrected chi connectivity index (χ1v) is 6.73. The number of hydrogen-bond acceptors (Lipinski definition) is 2. The van der Waals surface area contributed by atoms with E-state index < -0.39 is 0 Å². The quantitative estimate of drug-likeness (QED) is 0.754. The van der Waals surface area contributed by atoms with E-state index in [9.17, 15) is 5.11 Å². The molecule has 1 unspecified atom stereocenters. The predicted molar refractivity (Wildman–Crippen MR) is 69.5 cm³/mol. The molecule has 0 aliphatic heterocycles. The van der Waals surface area contributed by atoms with Gasteiger partial charge in [0.25, 0.3) is 0 Å². The van der Waals surface area contributed by atoms with Gasteiger partial charge in [0.2, 0.25) is 0 Å². The summed E-state index contributed by atoms with van der Waals surface area (Å²) in [6.45, 7) is 13.1. The molecule has 1 saturated carbocycles.